The van der Waals surface area contributed by atoms with Crippen molar-refractivity contribution in [3.63, 3.8) is 0 Å². The van der Waals surface area contributed by atoms with Gasteiger partial charge in [-0.05, 0) is 61.7 Å². The molecule has 3 heterocycles. The minimum Gasteiger partial charge on any atom is -0.376 e. The molecule has 1 unspecified atom stereocenters. The average molecular weight is 463 g/mol. The number of carbonyl (C=O) groups is 1. The molecule has 2 saturated heterocycles. The van der Waals surface area contributed by atoms with Crippen LogP contribution in [0.15, 0.2) is 40.6 Å². The number of hydrogen-bond acceptors (Lipinski definition) is 5. The molecule has 0 N–H and O–H groups in total. The molecular weight excluding hydrogens is 432 g/mol. The SMILES string of the molecule is Cc1ccc(S(=O)(=O)N2CCCCC2)cc1C(=O)N(Cc1cccs1)CC1CCCO1. The van der Waals surface area contributed by atoms with E-state index in [4.69, 9.17) is 4.74 Å². The lowest BCUT2D eigenvalue weighted by atomic mass is 10.1. The number of hydrogen-bond donors (Lipinski definition) is 0. The number of carbonyl (C=O) groups excluding carboxylic acids is 1. The van der Waals surface area contributed by atoms with Crippen LogP contribution >= 0.6 is 11.3 Å². The molecule has 168 valence electrons. The van der Waals surface area contributed by atoms with Gasteiger partial charge < -0.3 is 9.64 Å². The highest BCUT2D eigenvalue weighted by Crippen LogP contribution is 2.25. The predicted octanol–water partition coefficient (Wildman–Crippen LogP) is 4.05. The summed E-state index contributed by atoms with van der Waals surface area (Å²) >= 11 is 1.61. The Balaban J connectivity index is 1.62. The first-order chi connectivity index (χ1) is 14.9. The maximum Gasteiger partial charge on any atom is 0.254 e. The third-order valence-corrected chi connectivity index (χ3v) is 8.81. The molecule has 2 aromatic rings. The van der Waals surface area contributed by atoms with Crippen molar-refractivity contribution in [1.82, 2.24) is 9.21 Å². The van der Waals surface area contributed by atoms with E-state index in [0.29, 0.717) is 31.7 Å². The molecule has 1 amide bonds. The number of thiophene rings is 1. The van der Waals surface area contributed by atoms with Crippen LogP contribution in [0.1, 0.15) is 52.9 Å². The summed E-state index contributed by atoms with van der Waals surface area (Å²) in [5.41, 5.74) is 1.23. The minimum absolute atomic E-state index is 0.0319. The van der Waals surface area contributed by atoms with Gasteiger partial charge in [-0.15, -0.1) is 11.3 Å². The zero-order chi connectivity index (χ0) is 21.8. The molecule has 4 rings (SSSR count). The fourth-order valence-corrected chi connectivity index (χ4v) is 6.52. The lowest BCUT2D eigenvalue weighted by Crippen LogP contribution is -2.38. The third-order valence-electron chi connectivity index (χ3n) is 6.05. The number of benzene rings is 1. The number of sulfonamides is 1. The van der Waals surface area contributed by atoms with Crippen molar-refractivity contribution in [3.05, 3.63) is 51.7 Å². The predicted molar refractivity (Wildman–Crippen MR) is 122 cm³/mol. The monoisotopic (exact) mass is 462 g/mol. The Labute approximate surface area is 188 Å². The van der Waals surface area contributed by atoms with E-state index in [0.717, 1.165) is 49.2 Å². The molecule has 2 fully saturated rings. The number of amides is 1. The lowest BCUT2D eigenvalue weighted by Gasteiger charge is -2.27. The Morgan fingerprint density at radius 1 is 1.19 bits per heavy atom. The summed E-state index contributed by atoms with van der Waals surface area (Å²) < 4.78 is 33.7. The van der Waals surface area contributed by atoms with Crippen LogP contribution in [0.25, 0.3) is 0 Å². The van der Waals surface area contributed by atoms with Crippen LogP contribution in [0.4, 0.5) is 0 Å². The molecule has 0 saturated carbocycles. The van der Waals surface area contributed by atoms with Gasteiger partial charge in [0.15, 0.2) is 0 Å². The van der Waals surface area contributed by atoms with E-state index in [9.17, 15) is 13.2 Å². The Bertz CT molecular complexity index is 993. The molecule has 31 heavy (non-hydrogen) atoms. The first-order valence-electron chi connectivity index (χ1n) is 11.0. The Hall–Kier alpha value is -1.74. The lowest BCUT2D eigenvalue weighted by molar-refractivity contribution is 0.0509. The molecule has 8 heteroatoms. The van der Waals surface area contributed by atoms with Crippen LogP contribution in [0.2, 0.25) is 0 Å². The highest BCUT2D eigenvalue weighted by molar-refractivity contribution is 7.89. The van der Waals surface area contributed by atoms with Gasteiger partial charge in [0.1, 0.15) is 0 Å². The first kappa shape index (κ1) is 22.5. The normalized spacial score (nSPS) is 20.1. The van der Waals surface area contributed by atoms with Crippen molar-refractivity contribution < 1.29 is 17.9 Å². The quantitative estimate of drug-likeness (QED) is 0.623. The second kappa shape index (κ2) is 9.81. The molecule has 1 atom stereocenters. The van der Waals surface area contributed by atoms with Crippen LogP contribution in [0.5, 0.6) is 0 Å². The van der Waals surface area contributed by atoms with Crippen molar-refractivity contribution >= 4 is 27.3 Å². The highest BCUT2D eigenvalue weighted by atomic mass is 32.2. The van der Waals surface area contributed by atoms with E-state index in [1.807, 2.05) is 24.4 Å². The molecule has 0 aliphatic carbocycles. The van der Waals surface area contributed by atoms with Gasteiger partial charge in [0, 0.05) is 36.7 Å². The van der Waals surface area contributed by atoms with E-state index in [2.05, 4.69) is 0 Å². The van der Waals surface area contributed by atoms with E-state index in [1.54, 1.807) is 38.7 Å². The Morgan fingerprint density at radius 2 is 2.00 bits per heavy atom. The van der Waals surface area contributed by atoms with Crippen LogP contribution in [-0.4, -0.2) is 55.9 Å². The Kier molecular flexibility index (Phi) is 7.11. The summed E-state index contributed by atoms with van der Waals surface area (Å²) in [5, 5.41) is 2.00. The molecule has 0 radical (unpaired) electrons. The highest BCUT2D eigenvalue weighted by Gasteiger charge is 2.29. The van der Waals surface area contributed by atoms with Crippen LogP contribution in [0, 0.1) is 6.92 Å². The molecule has 1 aromatic carbocycles. The molecular formula is C23H30N2O4S2. The van der Waals surface area contributed by atoms with Crippen molar-refractivity contribution in [3.8, 4) is 0 Å². The molecule has 0 spiro atoms. The fraction of sp³-hybridized carbons (Fsp3) is 0.522. The molecule has 0 bridgehead atoms. The van der Waals surface area contributed by atoms with E-state index < -0.39 is 10.0 Å². The maximum atomic E-state index is 13.6. The second-order valence-corrected chi connectivity index (χ2v) is 11.3. The molecule has 2 aliphatic rings. The second-order valence-electron chi connectivity index (χ2n) is 8.34. The summed E-state index contributed by atoms with van der Waals surface area (Å²) in [6.45, 7) is 4.69. The van der Waals surface area contributed by atoms with Crippen LogP contribution < -0.4 is 0 Å². The van der Waals surface area contributed by atoms with Gasteiger partial charge in [-0.25, -0.2) is 8.42 Å². The molecule has 1 aromatic heterocycles. The first-order valence-corrected chi connectivity index (χ1v) is 13.3. The number of rotatable bonds is 7. The molecule has 2 aliphatic heterocycles. The summed E-state index contributed by atoms with van der Waals surface area (Å²) in [6.07, 6.45) is 4.80. The summed E-state index contributed by atoms with van der Waals surface area (Å²) in [4.78, 5) is 16.7. The van der Waals surface area contributed by atoms with E-state index in [-0.39, 0.29) is 16.9 Å². The van der Waals surface area contributed by atoms with Gasteiger partial charge in [-0.1, -0.05) is 18.6 Å². The third kappa shape index (κ3) is 5.19. The number of aryl methyl sites for hydroxylation is 1. The van der Waals surface area contributed by atoms with Gasteiger partial charge in [0.2, 0.25) is 10.0 Å². The topological polar surface area (TPSA) is 66.9 Å². The largest absolute Gasteiger partial charge is 0.376 e. The van der Waals surface area contributed by atoms with Crippen LogP contribution in [-0.2, 0) is 21.3 Å². The van der Waals surface area contributed by atoms with E-state index >= 15 is 0 Å². The van der Waals surface area contributed by atoms with Crippen molar-refractivity contribution in [2.75, 3.05) is 26.2 Å². The van der Waals surface area contributed by atoms with Crippen molar-refractivity contribution in [2.24, 2.45) is 0 Å². The number of nitrogens with zero attached hydrogens (tertiary/aromatic N) is 2. The zero-order valence-corrected chi connectivity index (χ0v) is 19.6. The van der Waals surface area contributed by atoms with Gasteiger partial charge in [0.05, 0.1) is 17.5 Å². The number of piperidine rings is 1. The Morgan fingerprint density at radius 3 is 2.68 bits per heavy atom. The minimum atomic E-state index is -3.59. The zero-order valence-electron chi connectivity index (χ0n) is 18.0. The molecule has 6 nitrogen and oxygen atoms in total. The van der Waals surface area contributed by atoms with E-state index in [1.165, 1.54) is 0 Å². The number of ether oxygens (including phenoxy) is 1. The summed E-state index contributed by atoms with van der Waals surface area (Å²) in [7, 11) is -3.59. The maximum absolute atomic E-state index is 13.6. The van der Waals surface area contributed by atoms with Crippen LogP contribution in [0.3, 0.4) is 0 Å². The van der Waals surface area contributed by atoms with Gasteiger partial charge in [-0.2, -0.15) is 4.31 Å². The standard InChI is InChI=1S/C23H30N2O4S2/c1-18-9-10-21(31(27,28)25-11-3-2-4-12-25)15-22(18)23(26)24(16-19-7-5-13-29-19)17-20-8-6-14-30-20/h6,8-10,14-15,19H,2-5,7,11-13,16-17H2,1H3. The van der Waals surface area contributed by atoms with Crippen molar-refractivity contribution in [2.45, 2.75) is 56.6 Å². The summed E-state index contributed by atoms with van der Waals surface area (Å²) in [6, 6.07) is 8.94. The smallest absolute Gasteiger partial charge is 0.254 e. The van der Waals surface area contributed by atoms with Crippen molar-refractivity contribution in [1.29, 1.82) is 0 Å². The van der Waals surface area contributed by atoms with Gasteiger partial charge in [0.25, 0.3) is 5.91 Å². The average Bonchev–Trinajstić information content (AvgIpc) is 3.48. The summed E-state index contributed by atoms with van der Waals surface area (Å²) in [5.74, 6) is -0.142. The van der Waals surface area contributed by atoms with Gasteiger partial charge in [-0.3, -0.25) is 4.79 Å². The van der Waals surface area contributed by atoms with Gasteiger partial charge >= 0.3 is 0 Å². The fourth-order valence-electron chi connectivity index (χ4n) is 4.26.